The van der Waals surface area contributed by atoms with Crippen LogP contribution in [-0.2, 0) is 29.0 Å². The quantitative estimate of drug-likeness (QED) is 0.118. The largest absolute Gasteiger partial charge is 0.508 e. The number of hydrogen-bond donors (Lipinski definition) is 5. The molecular weight excluding hydrogens is 492 g/mol. The van der Waals surface area contributed by atoms with Gasteiger partial charge in [0.1, 0.15) is 13.2 Å². The number of carbonyl (C=O) groups is 1. The molecule has 0 aromatic heterocycles. The number of rotatable bonds is 12. The molecule has 5 N–H and O–H groups in total. The van der Waals surface area contributed by atoms with Crippen LogP contribution in [0.15, 0.2) is 59.5 Å². The van der Waals surface area contributed by atoms with E-state index in [-0.39, 0.29) is 4.90 Å². The lowest BCUT2D eigenvalue weighted by atomic mass is 9.95. The van der Waals surface area contributed by atoms with Crippen molar-refractivity contribution in [2.75, 3.05) is 26.1 Å². The zero-order valence-electron chi connectivity index (χ0n) is 18.3. The van der Waals surface area contributed by atoms with Gasteiger partial charge in [0.25, 0.3) is 0 Å². The molecule has 0 heterocycles. The van der Waals surface area contributed by atoms with Crippen LogP contribution in [0.1, 0.15) is 11.1 Å². The molecule has 0 saturated heterocycles. The molecule has 0 aliphatic rings. The van der Waals surface area contributed by atoms with Gasteiger partial charge in [0.15, 0.2) is 9.84 Å². The molecule has 0 amide bonds. The van der Waals surface area contributed by atoms with Crippen molar-refractivity contribution >= 4 is 27.1 Å². The Morgan fingerprint density at radius 1 is 0.857 bits per heavy atom. The molecule has 2 aromatic carbocycles. The van der Waals surface area contributed by atoms with E-state index >= 15 is 0 Å². The third kappa shape index (κ3) is 9.30. The first-order valence-corrected chi connectivity index (χ1v) is 11.6. The van der Waals surface area contributed by atoms with Crippen LogP contribution in [0.5, 0.6) is 0 Å². The van der Waals surface area contributed by atoms with E-state index in [1.165, 1.54) is 24.3 Å². The number of benzene rings is 2. The van der Waals surface area contributed by atoms with Crippen LogP contribution in [0.3, 0.4) is 0 Å². The van der Waals surface area contributed by atoms with Crippen LogP contribution in [0.4, 0.5) is 4.79 Å². The number of aliphatic hydroxyl groups is 1. The molecular formula is C20H24N2O12S. The maximum atomic E-state index is 12.1. The van der Waals surface area contributed by atoms with Gasteiger partial charge in [-0.25, -0.2) is 22.9 Å². The van der Waals surface area contributed by atoms with Gasteiger partial charge in [-0.2, -0.15) is 0 Å². The summed E-state index contributed by atoms with van der Waals surface area (Å²) >= 11 is 0. The topological polar surface area (TPSA) is 196 Å². The summed E-state index contributed by atoms with van der Waals surface area (Å²) in [4.78, 5) is 20.6. The van der Waals surface area contributed by atoms with Crippen molar-refractivity contribution in [3.63, 3.8) is 0 Å². The van der Waals surface area contributed by atoms with Crippen LogP contribution in [0.25, 0.3) is 11.1 Å². The number of sulfone groups is 1. The maximum Gasteiger partial charge on any atom is 0.508 e. The third-order valence-electron chi connectivity index (χ3n) is 4.37. The summed E-state index contributed by atoms with van der Waals surface area (Å²) in [6, 6.07) is 14.4. The van der Waals surface area contributed by atoms with Crippen molar-refractivity contribution < 1.29 is 58.3 Å². The molecule has 14 nitrogen and oxygen atoms in total. The minimum atomic E-state index is -3.45. The number of hydrogen-bond acceptors (Lipinski definition) is 14. The minimum absolute atomic E-state index is 0.0702. The molecule has 0 fully saturated rings. The smallest absolute Gasteiger partial charge is 0.429 e. The van der Waals surface area contributed by atoms with Gasteiger partial charge in [-0.15, -0.1) is 0 Å². The Morgan fingerprint density at radius 3 is 1.89 bits per heavy atom. The minimum Gasteiger partial charge on any atom is -0.429 e. The van der Waals surface area contributed by atoms with E-state index in [2.05, 4.69) is 9.68 Å². The molecule has 0 aliphatic carbocycles. The van der Waals surface area contributed by atoms with Crippen molar-refractivity contribution in [2.45, 2.75) is 11.2 Å². The highest BCUT2D eigenvalue weighted by molar-refractivity contribution is 7.90. The molecule has 0 radical (unpaired) electrons. The second-order valence-electron chi connectivity index (χ2n) is 6.77. The van der Waals surface area contributed by atoms with E-state index in [0.29, 0.717) is 22.3 Å². The van der Waals surface area contributed by atoms with Crippen LogP contribution < -0.4 is 0 Å². The normalized spacial score (nSPS) is 12.7. The van der Waals surface area contributed by atoms with Gasteiger partial charge in [-0.05, 0) is 28.8 Å². The van der Waals surface area contributed by atoms with Gasteiger partial charge in [-0.1, -0.05) is 42.5 Å². The highest BCUT2D eigenvalue weighted by Crippen LogP contribution is 2.27. The Kier molecular flexibility index (Phi) is 10.7. The summed E-state index contributed by atoms with van der Waals surface area (Å²) in [5.74, 6) is 0. The molecule has 2 rings (SSSR count). The van der Waals surface area contributed by atoms with Crippen LogP contribution in [-0.4, -0.2) is 83.7 Å². The summed E-state index contributed by atoms with van der Waals surface area (Å²) in [5, 5.41) is 43.0. The second-order valence-corrected chi connectivity index (χ2v) is 8.79. The summed E-state index contributed by atoms with van der Waals surface area (Å²) in [5.41, 5.74) is 1.80. The van der Waals surface area contributed by atoms with Crippen molar-refractivity contribution in [1.82, 2.24) is 10.8 Å². The fourth-order valence-corrected chi connectivity index (χ4v) is 3.48. The second kappa shape index (κ2) is 13.2. The monoisotopic (exact) mass is 516 g/mol. The molecule has 15 heteroatoms. The lowest BCUT2D eigenvalue weighted by Crippen LogP contribution is -2.35. The average Bonchev–Trinajstić information content (AvgIpc) is 2.79. The summed E-state index contributed by atoms with van der Waals surface area (Å²) in [7, 11) is -3.45. The fraction of sp³-hybridized carbons (Fsp3) is 0.250. The summed E-state index contributed by atoms with van der Waals surface area (Å²) < 4.78 is 33.3. The zero-order chi connectivity index (χ0) is 26.0. The van der Waals surface area contributed by atoms with Gasteiger partial charge < -0.3 is 14.6 Å². The first-order valence-electron chi connectivity index (χ1n) is 9.69. The molecule has 2 aromatic rings. The first kappa shape index (κ1) is 28.3. The van der Waals surface area contributed by atoms with Gasteiger partial charge in [0.2, 0.25) is 6.29 Å². The molecule has 0 atom stereocenters. The van der Waals surface area contributed by atoms with Crippen molar-refractivity contribution in [2.24, 2.45) is 0 Å². The molecule has 0 unspecified atom stereocenters. The number of nitrogens with zero attached hydrogens (tertiary/aromatic N) is 2. The Labute approximate surface area is 199 Å². The van der Waals surface area contributed by atoms with E-state index in [1.54, 1.807) is 30.3 Å². The SMILES string of the molecule is CS(=O)(=O)c1ccc(/C(COC(=O)OCC(ON(O)O)ON(O)O)=C(/CO)c2ccccc2)cc1. The number of carbonyl (C=O) groups excluding carboxylic acids is 1. The van der Waals surface area contributed by atoms with Gasteiger partial charge >= 0.3 is 6.16 Å². The van der Waals surface area contributed by atoms with E-state index in [0.717, 1.165) is 6.26 Å². The summed E-state index contributed by atoms with van der Waals surface area (Å²) in [6.45, 7) is -1.74. The molecule has 0 aliphatic heterocycles. The Bertz CT molecular complexity index is 1080. The lowest BCUT2D eigenvalue weighted by molar-refractivity contribution is -0.585. The molecule has 35 heavy (non-hydrogen) atoms. The highest BCUT2D eigenvalue weighted by atomic mass is 32.2. The molecule has 192 valence electrons. The Morgan fingerprint density at radius 2 is 1.40 bits per heavy atom. The van der Waals surface area contributed by atoms with E-state index in [1.807, 2.05) is 0 Å². The van der Waals surface area contributed by atoms with Crippen molar-refractivity contribution in [3.05, 3.63) is 65.7 Å². The average molecular weight is 516 g/mol. The number of aliphatic hydroxyl groups excluding tert-OH is 1. The standard InChI is InChI=1S/C20H24N2O12S/c1-35(29,30)16-9-7-15(8-10-16)18(17(11-23)14-5-3-2-4-6-14)12-31-20(24)32-13-19(33-21(25)26)34-22(27)28/h2-10,19,23,25-28H,11-13H2,1H3/b18-17-. The van der Waals surface area contributed by atoms with E-state index in [4.69, 9.17) is 30.3 Å². The number of ether oxygens (including phenoxy) is 2. The highest BCUT2D eigenvalue weighted by Gasteiger charge is 2.21. The van der Waals surface area contributed by atoms with Crippen LogP contribution >= 0.6 is 0 Å². The molecule has 0 bridgehead atoms. The predicted octanol–water partition coefficient (Wildman–Crippen LogP) is 1.50. The molecule has 0 spiro atoms. The zero-order valence-corrected chi connectivity index (χ0v) is 19.1. The van der Waals surface area contributed by atoms with Crippen LogP contribution in [0, 0.1) is 0 Å². The van der Waals surface area contributed by atoms with E-state index < -0.39 is 52.9 Å². The van der Waals surface area contributed by atoms with Crippen LogP contribution in [0.2, 0.25) is 0 Å². The Balaban J connectivity index is 2.25. The van der Waals surface area contributed by atoms with Gasteiger partial charge in [0, 0.05) is 11.8 Å². The van der Waals surface area contributed by atoms with Crippen molar-refractivity contribution in [3.8, 4) is 0 Å². The van der Waals surface area contributed by atoms with Crippen molar-refractivity contribution in [1.29, 1.82) is 0 Å². The lowest BCUT2D eigenvalue weighted by Gasteiger charge is -2.19. The summed E-state index contributed by atoms with van der Waals surface area (Å²) in [6.07, 6.45) is -2.12. The third-order valence-corrected chi connectivity index (χ3v) is 5.50. The van der Waals surface area contributed by atoms with Gasteiger partial charge in [-0.3, -0.25) is 20.8 Å². The Hall–Kier alpha value is -2.96. The van der Waals surface area contributed by atoms with E-state index in [9.17, 15) is 18.3 Å². The predicted molar refractivity (Wildman–Crippen MR) is 114 cm³/mol. The first-order chi connectivity index (χ1) is 16.5. The maximum absolute atomic E-state index is 12.1. The molecule has 0 saturated carbocycles. The van der Waals surface area contributed by atoms with Gasteiger partial charge in [0.05, 0.1) is 22.3 Å². The fourth-order valence-electron chi connectivity index (χ4n) is 2.85.